The number of carbonyl (C=O) groups is 2. The quantitative estimate of drug-likeness (QED) is 0.571. The molecule has 1 unspecified atom stereocenters. The second-order valence-electron chi connectivity index (χ2n) is 5.39. The van der Waals surface area contributed by atoms with Gasteiger partial charge in [0, 0.05) is 24.4 Å². The summed E-state index contributed by atoms with van der Waals surface area (Å²) in [6.07, 6.45) is 4.78. The van der Waals surface area contributed by atoms with Gasteiger partial charge in [-0.2, -0.15) is 5.10 Å². The molecule has 0 radical (unpaired) electrons. The number of amidine groups is 1. The first-order valence-electron chi connectivity index (χ1n) is 7.75. The summed E-state index contributed by atoms with van der Waals surface area (Å²) in [6.45, 7) is 0. The lowest BCUT2D eigenvalue weighted by Gasteiger charge is -2.09. The van der Waals surface area contributed by atoms with Crippen molar-refractivity contribution in [2.45, 2.75) is 11.7 Å². The molecule has 138 valence electrons. The number of rotatable bonds is 5. The van der Waals surface area contributed by atoms with Crippen LogP contribution in [0.4, 0.5) is 5.69 Å². The Hall–Kier alpha value is -2.42. The predicted molar refractivity (Wildman–Crippen MR) is 108 cm³/mol. The third-order valence-corrected chi connectivity index (χ3v) is 5.30. The normalized spacial score (nSPS) is 18.1. The molecule has 7 nitrogen and oxygen atoms in total. The lowest BCUT2D eigenvalue weighted by molar-refractivity contribution is -0.122. The number of thioether (sulfide) groups is 1. The molecule has 10 heteroatoms. The van der Waals surface area contributed by atoms with Crippen LogP contribution in [0.3, 0.4) is 0 Å². The number of hydrogen-bond donors (Lipinski definition) is 2. The molecule has 1 aromatic heterocycles. The van der Waals surface area contributed by atoms with Crippen LogP contribution in [0.25, 0.3) is 0 Å². The van der Waals surface area contributed by atoms with Gasteiger partial charge in [-0.25, -0.2) is 0 Å². The molecular weight excluding hydrogens is 409 g/mol. The molecular formula is C17H13Cl2N5O2S. The Labute approximate surface area is 169 Å². The molecule has 0 aliphatic carbocycles. The number of hydrogen-bond acceptors (Lipinski definition) is 6. The summed E-state index contributed by atoms with van der Waals surface area (Å²) < 4.78 is 0. The summed E-state index contributed by atoms with van der Waals surface area (Å²) in [6, 6.07) is 8.53. The molecule has 1 atom stereocenters. The molecule has 1 fully saturated rings. The van der Waals surface area contributed by atoms with Gasteiger partial charge in [-0.1, -0.05) is 47.1 Å². The Morgan fingerprint density at radius 1 is 1.33 bits per heavy atom. The Bertz CT molecular complexity index is 921. The molecule has 1 aromatic carbocycles. The fraction of sp³-hybridized carbons (Fsp3) is 0.118. The van der Waals surface area contributed by atoms with Crippen LogP contribution < -0.4 is 10.6 Å². The van der Waals surface area contributed by atoms with Crippen LogP contribution in [0.5, 0.6) is 0 Å². The first-order chi connectivity index (χ1) is 13.0. The SMILES string of the molecule is O=C(CC1S/C(=N\N=C\c2cccnc2)NC1=O)Nc1cccc(Cl)c1Cl. The van der Waals surface area contributed by atoms with Crippen molar-refractivity contribution >= 4 is 63.8 Å². The van der Waals surface area contributed by atoms with Crippen molar-refractivity contribution in [1.82, 2.24) is 10.3 Å². The van der Waals surface area contributed by atoms with E-state index >= 15 is 0 Å². The summed E-state index contributed by atoms with van der Waals surface area (Å²) >= 11 is 13.1. The third-order valence-electron chi connectivity index (χ3n) is 3.41. The Morgan fingerprint density at radius 3 is 2.96 bits per heavy atom. The third kappa shape index (κ3) is 5.29. The van der Waals surface area contributed by atoms with Crippen LogP contribution in [-0.2, 0) is 9.59 Å². The lowest BCUT2D eigenvalue weighted by atomic mass is 10.2. The molecule has 2 N–H and O–H groups in total. The summed E-state index contributed by atoms with van der Waals surface area (Å²) in [4.78, 5) is 28.2. The number of anilines is 1. The van der Waals surface area contributed by atoms with E-state index in [0.717, 1.165) is 17.3 Å². The van der Waals surface area contributed by atoms with E-state index in [1.807, 2.05) is 6.07 Å². The molecule has 1 saturated heterocycles. The minimum Gasteiger partial charge on any atom is -0.325 e. The molecule has 2 heterocycles. The molecule has 27 heavy (non-hydrogen) atoms. The Morgan fingerprint density at radius 2 is 2.19 bits per heavy atom. The van der Waals surface area contributed by atoms with Gasteiger partial charge in [0.05, 0.1) is 21.9 Å². The summed E-state index contributed by atoms with van der Waals surface area (Å²) in [5, 5.41) is 13.4. The highest BCUT2D eigenvalue weighted by Gasteiger charge is 2.32. The van der Waals surface area contributed by atoms with Crippen molar-refractivity contribution in [3.05, 3.63) is 58.3 Å². The number of pyridine rings is 1. The molecule has 2 aromatic rings. The van der Waals surface area contributed by atoms with Crippen molar-refractivity contribution < 1.29 is 9.59 Å². The van der Waals surface area contributed by atoms with Gasteiger partial charge in [0.25, 0.3) is 0 Å². The summed E-state index contributed by atoms with van der Waals surface area (Å²) in [5.41, 5.74) is 1.18. The van der Waals surface area contributed by atoms with Gasteiger partial charge >= 0.3 is 0 Å². The minimum absolute atomic E-state index is 0.0370. The van der Waals surface area contributed by atoms with Crippen LogP contribution in [-0.4, -0.2) is 33.4 Å². The van der Waals surface area contributed by atoms with E-state index in [4.69, 9.17) is 23.2 Å². The zero-order valence-electron chi connectivity index (χ0n) is 13.7. The van der Waals surface area contributed by atoms with Crippen molar-refractivity contribution in [2.75, 3.05) is 5.32 Å². The maximum absolute atomic E-state index is 12.2. The Kier molecular flexibility index (Phi) is 6.44. The van der Waals surface area contributed by atoms with Crippen LogP contribution in [0.15, 0.2) is 52.9 Å². The van der Waals surface area contributed by atoms with E-state index in [1.54, 1.807) is 36.7 Å². The van der Waals surface area contributed by atoms with Crippen LogP contribution in [0.1, 0.15) is 12.0 Å². The number of nitrogens with one attached hydrogen (secondary N) is 2. The summed E-state index contributed by atoms with van der Waals surface area (Å²) in [7, 11) is 0. The van der Waals surface area contributed by atoms with Gasteiger partial charge in [0.1, 0.15) is 5.25 Å². The van der Waals surface area contributed by atoms with Gasteiger partial charge in [-0.05, 0) is 18.2 Å². The molecule has 0 bridgehead atoms. The first-order valence-corrected chi connectivity index (χ1v) is 9.39. The van der Waals surface area contributed by atoms with Gasteiger partial charge < -0.3 is 10.6 Å². The Balaban J connectivity index is 1.57. The van der Waals surface area contributed by atoms with Gasteiger partial charge in [0.2, 0.25) is 11.8 Å². The molecule has 1 aliphatic rings. The first kappa shape index (κ1) is 19.3. The highest BCUT2D eigenvalue weighted by Crippen LogP contribution is 2.30. The van der Waals surface area contributed by atoms with E-state index in [1.165, 1.54) is 6.21 Å². The van der Waals surface area contributed by atoms with Crippen LogP contribution >= 0.6 is 35.0 Å². The van der Waals surface area contributed by atoms with Gasteiger partial charge in [-0.15, -0.1) is 5.10 Å². The minimum atomic E-state index is -0.602. The van der Waals surface area contributed by atoms with E-state index in [9.17, 15) is 9.59 Å². The maximum atomic E-state index is 12.2. The smallest absolute Gasteiger partial charge is 0.240 e. The highest BCUT2D eigenvalue weighted by atomic mass is 35.5. The average molecular weight is 422 g/mol. The zero-order valence-corrected chi connectivity index (χ0v) is 16.1. The van der Waals surface area contributed by atoms with E-state index in [0.29, 0.717) is 15.9 Å². The lowest BCUT2D eigenvalue weighted by Crippen LogP contribution is -2.28. The van der Waals surface area contributed by atoms with Gasteiger partial charge in [0.15, 0.2) is 5.17 Å². The predicted octanol–water partition coefficient (Wildman–Crippen LogP) is 3.34. The molecule has 2 amide bonds. The topological polar surface area (TPSA) is 95.8 Å². The fourth-order valence-electron chi connectivity index (χ4n) is 2.16. The number of carbonyl (C=O) groups excluding carboxylic acids is 2. The average Bonchev–Trinajstić information content (AvgIpc) is 2.99. The maximum Gasteiger partial charge on any atom is 0.240 e. The van der Waals surface area contributed by atoms with Crippen LogP contribution in [0, 0.1) is 0 Å². The number of nitrogens with zero attached hydrogens (tertiary/aromatic N) is 3. The number of benzene rings is 1. The van der Waals surface area contributed by atoms with Crippen LogP contribution in [0.2, 0.25) is 10.0 Å². The van der Waals surface area contributed by atoms with Crippen molar-refractivity contribution in [2.24, 2.45) is 10.2 Å². The van der Waals surface area contributed by atoms with E-state index in [-0.39, 0.29) is 23.3 Å². The van der Waals surface area contributed by atoms with Crippen molar-refractivity contribution in [3.63, 3.8) is 0 Å². The number of halogens is 2. The monoisotopic (exact) mass is 421 g/mol. The second-order valence-corrected chi connectivity index (χ2v) is 7.36. The molecule has 1 aliphatic heterocycles. The standard InChI is InChI=1S/C17H13Cl2N5O2S/c18-11-4-1-5-12(15(11)19)22-14(25)7-13-16(26)23-17(27-13)24-21-9-10-3-2-6-20-8-10/h1-6,8-9,13H,7H2,(H,22,25)(H,23,24,26)/b21-9+. The largest absolute Gasteiger partial charge is 0.325 e. The zero-order chi connectivity index (χ0) is 19.2. The van der Waals surface area contributed by atoms with E-state index < -0.39 is 5.25 Å². The van der Waals surface area contributed by atoms with Gasteiger partial charge in [-0.3, -0.25) is 14.6 Å². The molecule has 0 spiro atoms. The second kappa shape index (κ2) is 8.98. The van der Waals surface area contributed by atoms with Crippen molar-refractivity contribution in [1.29, 1.82) is 0 Å². The molecule has 0 saturated carbocycles. The van der Waals surface area contributed by atoms with Crippen molar-refractivity contribution in [3.8, 4) is 0 Å². The fourth-order valence-corrected chi connectivity index (χ4v) is 3.43. The van der Waals surface area contributed by atoms with E-state index in [2.05, 4.69) is 25.8 Å². The highest BCUT2D eigenvalue weighted by molar-refractivity contribution is 8.15. The summed E-state index contributed by atoms with van der Waals surface area (Å²) in [5.74, 6) is -0.658. The number of amides is 2. The number of aromatic nitrogens is 1. The molecule has 3 rings (SSSR count).